The van der Waals surface area contributed by atoms with Crippen molar-refractivity contribution in [1.29, 1.82) is 0 Å². The minimum Gasteiger partial charge on any atom is -0.302 e. The largest absolute Gasteiger partial charge is 0.481 e. The van der Waals surface area contributed by atoms with Crippen molar-refractivity contribution < 1.29 is 32.6 Å². The van der Waals surface area contributed by atoms with Gasteiger partial charge in [0.2, 0.25) is 0 Å². The molecule has 1 saturated carbocycles. The predicted octanol–water partition coefficient (Wildman–Crippen LogP) is 13.0. The second kappa shape index (κ2) is 25.2. The van der Waals surface area contributed by atoms with Crippen molar-refractivity contribution in [2.45, 2.75) is 151 Å². The maximum Gasteiger partial charge on any atom is 0.481 e. The van der Waals surface area contributed by atoms with E-state index in [1.165, 1.54) is 65.5 Å². The van der Waals surface area contributed by atoms with E-state index >= 15 is 0 Å². The quantitative estimate of drug-likeness (QED) is 0.0602. The summed E-state index contributed by atoms with van der Waals surface area (Å²) >= 11 is 0. The zero-order valence-corrected chi connectivity index (χ0v) is 33.3. The van der Waals surface area contributed by atoms with Gasteiger partial charge in [-0.05, 0) is 151 Å². The minimum atomic E-state index is -5.10. The number of hydrogen-bond donors (Lipinski definition) is 3. The fourth-order valence-electron chi connectivity index (χ4n) is 5.20. The third-order valence-electron chi connectivity index (χ3n) is 8.58. The molecule has 49 heavy (non-hydrogen) atoms. The topological polar surface area (TPSA) is 113 Å². The van der Waals surface area contributed by atoms with Gasteiger partial charge in [0.15, 0.2) is 0 Å². The van der Waals surface area contributed by atoms with Gasteiger partial charge in [0.05, 0.1) is 6.61 Å². The molecule has 1 aliphatic carbocycles. The van der Waals surface area contributed by atoms with Gasteiger partial charge in [0.25, 0.3) is 0 Å². The van der Waals surface area contributed by atoms with Gasteiger partial charge in [-0.1, -0.05) is 93.2 Å². The Balaban J connectivity index is 2.21. The van der Waals surface area contributed by atoms with E-state index < -0.39 is 15.6 Å². The van der Waals surface area contributed by atoms with Gasteiger partial charge in [-0.15, -0.1) is 0 Å². The van der Waals surface area contributed by atoms with E-state index in [9.17, 15) is 14.0 Å². The van der Waals surface area contributed by atoms with E-state index in [4.69, 9.17) is 9.79 Å². The van der Waals surface area contributed by atoms with Crippen LogP contribution in [0.2, 0.25) is 0 Å². The Hall–Kier alpha value is -1.82. The van der Waals surface area contributed by atoms with Gasteiger partial charge >= 0.3 is 15.6 Å². The van der Waals surface area contributed by atoms with Crippen molar-refractivity contribution in [2.24, 2.45) is 0 Å². The molecule has 3 N–H and O–H groups in total. The van der Waals surface area contributed by atoms with Gasteiger partial charge in [0, 0.05) is 0 Å². The highest BCUT2D eigenvalue weighted by atomic mass is 31.3. The van der Waals surface area contributed by atoms with Crippen molar-refractivity contribution in [3.8, 4) is 0 Å². The molecule has 0 bridgehead atoms. The van der Waals surface area contributed by atoms with Crippen LogP contribution in [0.25, 0.3) is 0 Å². The maximum atomic E-state index is 11.5. The van der Waals surface area contributed by atoms with Gasteiger partial charge < -0.3 is 14.7 Å². The summed E-state index contributed by atoms with van der Waals surface area (Å²) in [6, 6.07) is 0. The van der Waals surface area contributed by atoms with Crippen molar-refractivity contribution in [1.82, 2.24) is 0 Å². The summed E-state index contributed by atoms with van der Waals surface area (Å²) in [5.41, 5.74) is 11.3. The Morgan fingerprint density at radius 2 is 0.796 bits per heavy atom. The molecule has 0 spiro atoms. The second-order valence-corrected chi connectivity index (χ2v) is 16.7. The standard InChI is InChI=1S/C40H66O7P2/c1-33(15-8-16-34(2)19-10-20-36(4)23-12-24-38(6)27-14-28-40-29-30-40)17-9-18-35(3)21-11-22-37(5)25-13-26-39(7)31-32-46-49(44,45)47-48(41,42)43/h16-17,20-21,24-25,28,31H,8-15,18-19,22-23,26-27,29-30,32H2,1-7H3,(H,44,45)(H2,41,42,43)/b33-17+,34-16+,35-21+,36-20+,37-25+,38-24+,39-31+. The molecule has 1 atom stereocenters. The molecule has 0 saturated heterocycles. The molecule has 1 rings (SSSR count). The van der Waals surface area contributed by atoms with Gasteiger partial charge in [-0.2, -0.15) is 4.31 Å². The third-order valence-corrected chi connectivity index (χ3v) is 10.7. The number of phosphoric acid groups is 2. The van der Waals surface area contributed by atoms with Crippen LogP contribution in [-0.2, 0) is 18.0 Å². The van der Waals surface area contributed by atoms with E-state index in [2.05, 4.69) is 92.9 Å². The number of allylic oxidation sites excluding steroid dienone is 15. The van der Waals surface area contributed by atoms with E-state index in [1.807, 2.05) is 6.92 Å². The molecule has 1 fully saturated rings. The molecular weight excluding hydrogens is 654 g/mol. The maximum absolute atomic E-state index is 11.5. The smallest absolute Gasteiger partial charge is 0.302 e. The molecule has 0 amide bonds. The monoisotopic (exact) mass is 720 g/mol. The van der Waals surface area contributed by atoms with Crippen LogP contribution in [0.5, 0.6) is 0 Å². The van der Waals surface area contributed by atoms with Crippen LogP contribution in [0, 0.1) is 0 Å². The third kappa shape index (κ3) is 28.6. The Labute approximate surface area is 298 Å². The lowest BCUT2D eigenvalue weighted by Gasteiger charge is -2.11. The summed E-state index contributed by atoms with van der Waals surface area (Å²) in [5, 5.41) is 0. The average Bonchev–Trinajstić information content (AvgIpc) is 3.80. The van der Waals surface area contributed by atoms with Crippen LogP contribution in [-0.4, -0.2) is 21.3 Å². The van der Waals surface area contributed by atoms with Crippen LogP contribution in [0.1, 0.15) is 151 Å². The first-order valence-corrected chi connectivity index (χ1v) is 21.1. The Kier molecular flexibility index (Phi) is 23.2. The van der Waals surface area contributed by atoms with Crippen LogP contribution < -0.4 is 0 Å². The lowest BCUT2D eigenvalue weighted by Crippen LogP contribution is -1.94. The van der Waals surface area contributed by atoms with Crippen LogP contribution in [0.15, 0.2) is 93.2 Å². The fraction of sp³-hybridized carbons (Fsp3) is 0.600. The van der Waals surface area contributed by atoms with Crippen molar-refractivity contribution >= 4 is 15.6 Å². The first kappa shape index (κ1) is 45.2. The summed E-state index contributed by atoms with van der Waals surface area (Å²) in [7, 11) is -9.90. The van der Waals surface area contributed by atoms with E-state index in [-0.39, 0.29) is 6.61 Å². The zero-order valence-electron chi connectivity index (χ0n) is 31.5. The Morgan fingerprint density at radius 3 is 1.08 bits per heavy atom. The first-order valence-electron chi connectivity index (χ1n) is 18.1. The lowest BCUT2D eigenvalue weighted by molar-refractivity contribution is 0.191. The highest BCUT2D eigenvalue weighted by Gasteiger charge is 2.31. The molecule has 9 heteroatoms. The molecule has 1 unspecified atom stereocenters. The Morgan fingerprint density at radius 1 is 0.510 bits per heavy atom. The Bertz CT molecular complexity index is 1350. The van der Waals surface area contributed by atoms with Crippen LogP contribution in [0.4, 0.5) is 0 Å². The van der Waals surface area contributed by atoms with Crippen LogP contribution in [0.3, 0.4) is 0 Å². The number of rotatable bonds is 26. The average molecular weight is 721 g/mol. The predicted molar refractivity (Wildman–Crippen MR) is 207 cm³/mol. The summed E-state index contributed by atoms with van der Waals surface area (Å²) in [4.78, 5) is 26.6. The second-order valence-electron chi connectivity index (χ2n) is 13.8. The van der Waals surface area contributed by atoms with Gasteiger partial charge in [0.1, 0.15) is 0 Å². The molecule has 1 aliphatic rings. The molecule has 0 aromatic heterocycles. The molecule has 0 radical (unpaired) electrons. The van der Waals surface area contributed by atoms with Crippen molar-refractivity contribution in [3.05, 3.63) is 93.2 Å². The molecule has 278 valence electrons. The molecule has 0 aromatic rings. The summed E-state index contributed by atoms with van der Waals surface area (Å²) in [5.74, 6) is 0. The SMILES string of the molecule is C/C(=C\CC/C(C)=C/CC/C(C)=C/CC/C(C)=C/CC/C(C)=C/CC/C(C)=C/CC/C(C)=C/COP(=O)(O)OP(=O)(O)O)CCC=C1CC1. The fourth-order valence-corrected chi connectivity index (χ4v) is 6.73. The highest BCUT2D eigenvalue weighted by Crippen LogP contribution is 2.57. The normalized spacial score (nSPS) is 17.1. The molecule has 7 nitrogen and oxygen atoms in total. The number of phosphoric ester groups is 1. The molecular formula is C40H66O7P2. The first-order chi connectivity index (χ1) is 23.0. The van der Waals surface area contributed by atoms with E-state index in [0.29, 0.717) is 0 Å². The van der Waals surface area contributed by atoms with Crippen LogP contribution >= 0.6 is 15.6 Å². The van der Waals surface area contributed by atoms with Crippen molar-refractivity contribution in [3.63, 3.8) is 0 Å². The van der Waals surface area contributed by atoms with Gasteiger partial charge in [-0.3, -0.25) is 4.52 Å². The minimum absolute atomic E-state index is 0.271. The molecule has 0 aromatic carbocycles. The zero-order chi connectivity index (χ0) is 36.7. The summed E-state index contributed by atoms with van der Waals surface area (Å²) in [6.07, 6.45) is 35.9. The number of hydrogen-bond acceptors (Lipinski definition) is 4. The lowest BCUT2D eigenvalue weighted by atomic mass is 10.0. The summed E-state index contributed by atoms with van der Waals surface area (Å²) in [6.45, 7) is 15.0. The van der Waals surface area contributed by atoms with Crippen molar-refractivity contribution in [2.75, 3.05) is 6.61 Å². The molecule has 0 aliphatic heterocycles. The highest BCUT2D eigenvalue weighted by molar-refractivity contribution is 7.60. The molecule has 0 heterocycles. The summed E-state index contributed by atoms with van der Waals surface area (Å²) < 4.78 is 30.5. The van der Waals surface area contributed by atoms with Gasteiger partial charge in [-0.25, -0.2) is 9.13 Å². The van der Waals surface area contributed by atoms with E-state index in [0.717, 1.165) is 76.2 Å². The van der Waals surface area contributed by atoms with E-state index in [1.54, 1.807) is 11.6 Å².